The van der Waals surface area contributed by atoms with Gasteiger partial charge in [-0.3, -0.25) is 0 Å². The van der Waals surface area contributed by atoms with Gasteiger partial charge in [-0.1, -0.05) is 22.0 Å². The van der Waals surface area contributed by atoms with Crippen LogP contribution in [-0.4, -0.2) is 32.8 Å². The first-order valence-electron chi connectivity index (χ1n) is 6.37. The van der Waals surface area contributed by atoms with E-state index in [2.05, 4.69) is 46.1 Å². The zero-order valence-corrected chi connectivity index (χ0v) is 13.0. The van der Waals surface area contributed by atoms with Crippen molar-refractivity contribution in [3.05, 3.63) is 28.2 Å². The average molecular weight is 315 g/mol. The number of hydrogen-bond donors (Lipinski definition) is 1. The van der Waals surface area contributed by atoms with Crippen LogP contribution in [0.1, 0.15) is 19.4 Å². The normalized spacial score (nSPS) is 12.5. The lowest BCUT2D eigenvalue weighted by Crippen LogP contribution is -2.25. The minimum atomic E-state index is 0.171. The van der Waals surface area contributed by atoms with E-state index in [1.165, 1.54) is 11.3 Å². The Morgan fingerprint density at radius 1 is 1.44 bits per heavy atom. The second-order valence-electron chi connectivity index (χ2n) is 4.57. The number of anilines is 1. The summed E-state index contributed by atoms with van der Waals surface area (Å²) in [6, 6.07) is 6.52. The fourth-order valence-electron chi connectivity index (χ4n) is 1.88. The van der Waals surface area contributed by atoms with Crippen LogP contribution in [0.2, 0.25) is 0 Å². The largest absolute Gasteiger partial charge is 0.380 e. The Bertz CT molecular complexity index is 369. The molecule has 1 unspecified atom stereocenters. The third-order valence-corrected chi connectivity index (χ3v) is 3.27. The van der Waals surface area contributed by atoms with Gasteiger partial charge in [0.2, 0.25) is 0 Å². The van der Waals surface area contributed by atoms with Gasteiger partial charge in [0.05, 0.1) is 6.61 Å². The summed E-state index contributed by atoms with van der Waals surface area (Å²) in [6.07, 6.45) is 0.890. The minimum absolute atomic E-state index is 0.171. The van der Waals surface area contributed by atoms with Gasteiger partial charge in [-0.05, 0) is 38.0 Å². The highest BCUT2D eigenvalue weighted by Gasteiger charge is 2.09. The molecule has 18 heavy (non-hydrogen) atoms. The van der Waals surface area contributed by atoms with Crippen LogP contribution in [0.15, 0.2) is 22.7 Å². The molecule has 0 aromatic heterocycles. The number of benzene rings is 1. The highest BCUT2D eigenvalue weighted by atomic mass is 79.9. The van der Waals surface area contributed by atoms with Crippen LogP contribution in [0.3, 0.4) is 0 Å². The number of ether oxygens (including phenoxy) is 1. The molecule has 0 saturated carbocycles. The third kappa shape index (κ3) is 4.96. The standard InChI is InChI=1S/C14H23BrN2O/c1-4-18-8-7-17(3)14-10-13(15)6-5-12(14)9-11(2)16/h5-6,10-11H,4,7-9,16H2,1-3H3. The van der Waals surface area contributed by atoms with Gasteiger partial charge >= 0.3 is 0 Å². The van der Waals surface area contributed by atoms with E-state index in [1.807, 2.05) is 13.8 Å². The van der Waals surface area contributed by atoms with Gasteiger partial charge in [-0.2, -0.15) is 0 Å². The number of rotatable bonds is 7. The monoisotopic (exact) mass is 314 g/mol. The lowest BCUT2D eigenvalue weighted by atomic mass is 10.0. The Labute approximate surface area is 118 Å². The molecule has 0 aliphatic heterocycles. The summed E-state index contributed by atoms with van der Waals surface area (Å²) >= 11 is 3.52. The van der Waals surface area contributed by atoms with Crippen LogP contribution in [0.5, 0.6) is 0 Å². The number of halogens is 1. The molecule has 0 aliphatic carbocycles. The first kappa shape index (κ1) is 15.5. The summed E-state index contributed by atoms with van der Waals surface area (Å²) in [4.78, 5) is 2.22. The molecule has 1 rings (SSSR count). The first-order chi connectivity index (χ1) is 8.54. The number of nitrogens with two attached hydrogens (primary N) is 1. The van der Waals surface area contributed by atoms with Gasteiger partial charge in [0.25, 0.3) is 0 Å². The van der Waals surface area contributed by atoms with E-state index in [0.717, 1.165) is 30.7 Å². The molecule has 0 bridgehead atoms. The van der Waals surface area contributed by atoms with Crippen molar-refractivity contribution in [1.29, 1.82) is 0 Å². The van der Waals surface area contributed by atoms with Gasteiger partial charge in [0.1, 0.15) is 0 Å². The fourth-order valence-corrected chi connectivity index (χ4v) is 2.23. The number of likely N-dealkylation sites (N-methyl/N-ethyl adjacent to an activating group) is 1. The van der Waals surface area contributed by atoms with Crippen LogP contribution in [0.25, 0.3) is 0 Å². The molecule has 0 fully saturated rings. The third-order valence-electron chi connectivity index (χ3n) is 2.78. The Balaban J connectivity index is 2.79. The maximum atomic E-state index is 5.90. The molecule has 0 amide bonds. The molecular weight excluding hydrogens is 292 g/mol. The average Bonchev–Trinajstić information content (AvgIpc) is 2.31. The van der Waals surface area contributed by atoms with Crippen molar-refractivity contribution in [3.8, 4) is 0 Å². The molecule has 0 spiro atoms. The molecule has 0 heterocycles. The predicted molar refractivity (Wildman–Crippen MR) is 81.3 cm³/mol. The van der Waals surface area contributed by atoms with E-state index in [-0.39, 0.29) is 6.04 Å². The molecule has 102 valence electrons. The van der Waals surface area contributed by atoms with E-state index in [9.17, 15) is 0 Å². The van der Waals surface area contributed by atoms with E-state index >= 15 is 0 Å². The van der Waals surface area contributed by atoms with Crippen molar-refractivity contribution in [2.24, 2.45) is 5.73 Å². The van der Waals surface area contributed by atoms with Gasteiger partial charge in [-0.15, -0.1) is 0 Å². The van der Waals surface area contributed by atoms with Crippen molar-refractivity contribution >= 4 is 21.6 Å². The topological polar surface area (TPSA) is 38.5 Å². The summed E-state index contributed by atoms with van der Waals surface area (Å²) < 4.78 is 6.49. The molecule has 1 atom stereocenters. The Hall–Kier alpha value is -0.580. The van der Waals surface area contributed by atoms with E-state index in [1.54, 1.807) is 0 Å². The van der Waals surface area contributed by atoms with Gasteiger partial charge < -0.3 is 15.4 Å². The van der Waals surface area contributed by atoms with Gasteiger partial charge in [0.15, 0.2) is 0 Å². The van der Waals surface area contributed by atoms with Crippen LogP contribution in [0.4, 0.5) is 5.69 Å². The summed E-state index contributed by atoms with van der Waals surface area (Å²) in [7, 11) is 2.09. The first-order valence-corrected chi connectivity index (χ1v) is 7.16. The van der Waals surface area contributed by atoms with Crippen LogP contribution in [-0.2, 0) is 11.2 Å². The zero-order chi connectivity index (χ0) is 13.5. The summed E-state index contributed by atoms with van der Waals surface area (Å²) in [5.41, 5.74) is 8.41. The summed E-state index contributed by atoms with van der Waals surface area (Å²) in [5.74, 6) is 0. The predicted octanol–water partition coefficient (Wildman–Crippen LogP) is 2.81. The number of hydrogen-bond acceptors (Lipinski definition) is 3. The van der Waals surface area contributed by atoms with Crippen molar-refractivity contribution in [1.82, 2.24) is 0 Å². The molecule has 1 aromatic rings. The second kappa shape index (κ2) is 7.77. The highest BCUT2D eigenvalue weighted by molar-refractivity contribution is 9.10. The van der Waals surface area contributed by atoms with Gasteiger partial charge in [0, 0.05) is 36.4 Å². The van der Waals surface area contributed by atoms with E-state index < -0.39 is 0 Å². The van der Waals surface area contributed by atoms with Crippen LogP contribution in [0, 0.1) is 0 Å². The molecule has 3 nitrogen and oxygen atoms in total. The Morgan fingerprint density at radius 2 is 2.17 bits per heavy atom. The van der Waals surface area contributed by atoms with Crippen molar-refractivity contribution in [3.63, 3.8) is 0 Å². The van der Waals surface area contributed by atoms with Gasteiger partial charge in [-0.25, -0.2) is 0 Å². The molecular formula is C14H23BrN2O. The van der Waals surface area contributed by atoms with Crippen molar-refractivity contribution in [2.45, 2.75) is 26.3 Å². The Morgan fingerprint density at radius 3 is 2.78 bits per heavy atom. The SMILES string of the molecule is CCOCCN(C)c1cc(Br)ccc1CC(C)N. The Kier molecular flexibility index (Phi) is 6.68. The van der Waals surface area contributed by atoms with Crippen LogP contribution < -0.4 is 10.6 Å². The fraction of sp³-hybridized carbons (Fsp3) is 0.571. The van der Waals surface area contributed by atoms with E-state index in [0.29, 0.717) is 0 Å². The van der Waals surface area contributed by atoms with E-state index in [4.69, 9.17) is 10.5 Å². The second-order valence-corrected chi connectivity index (χ2v) is 5.49. The lowest BCUT2D eigenvalue weighted by molar-refractivity contribution is 0.154. The lowest BCUT2D eigenvalue weighted by Gasteiger charge is -2.23. The number of nitrogens with zero attached hydrogens (tertiary/aromatic N) is 1. The maximum Gasteiger partial charge on any atom is 0.0641 e. The quantitative estimate of drug-likeness (QED) is 0.786. The highest BCUT2D eigenvalue weighted by Crippen LogP contribution is 2.25. The maximum absolute atomic E-state index is 5.90. The molecule has 1 aromatic carbocycles. The van der Waals surface area contributed by atoms with Crippen molar-refractivity contribution in [2.75, 3.05) is 31.7 Å². The molecule has 0 aliphatic rings. The zero-order valence-electron chi connectivity index (χ0n) is 11.4. The van der Waals surface area contributed by atoms with Crippen LogP contribution >= 0.6 is 15.9 Å². The molecule has 0 radical (unpaired) electrons. The summed E-state index contributed by atoms with van der Waals surface area (Å²) in [6.45, 7) is 6.44. The smallest absolute Gasteiger partial charge is 0.0641 e. The minimum Gasteiger partial charge on any atom is -0.380 e. The molecule has 2 N–H and O–H groups in total. The molecule has 0 saturated heterocycles. The summed E-state index contributed by atoms with van der Waals surface area (Å²) in [5, 5.41) is 0. The van der Waals surface area contributed by atoms with Crippen molar-refractivity contribution < 1.29 is 4.74 Å². The molecule has 4 heteroatoms.